The van der Waals surface area contributed by atoms with Gasteiger partial charge in [0.05, 0.1) is 9.82 Å². The van der Waals surface area contributed by atoms with Crippen LogP contribution in [0.15, 0.2) is 51.8 Å². The van der Waals surface area contributed by atoms with E-state index < -0.39 is 26.4 Å². The number of anilines is 1. The first-order valence-electron chi connectivity index (χ1n) is 7.54. The minimum atomic E-state index is -3.43. The smallest absolute Gasteiger partial charge is 0.322 e. The van der Waals surface area contributed by atoms with Gasteiger partial charge >= 0.3 is 6.01 Å². The van der Waals surface area contributed by atoms with Gasteiger partial charge in [-0.05, 0) is 30.3 Å². The lowest BCUT2D eigenvalue weighted by atomic mass is 10.1. The highest BCUT2D eigenvalue weighted by molar-refractivity contribution is 7.90. The van der Waals surface area contributed by atoms with Crippen molar-refractivity contribution in [3.8, 4) is 11.5 Å². The van der Waals surface area contributed by atoms with Crippen molar-refractivity contribution in [3.05, 3.63) is 63.2 Å². The van der Waals surface area contributed by atoms with Gasteiger partial charge in [-0.3, -0.25) is 20.2 Å². The summed E-state index contributed by atoms with van der Waals surface area (Å²) in [6.45, 7) is 0. The number of aromatic nitrogens is 2. The van der Waals surface area contributed by atoms with Crippen LogP contribution in [0.2, 0.25) is 5.02 Å². The zero-order valence-corrected chi connectivity index (χ0v) is 15.7. The molecule has 1 N–H and O–H groups in total. The average molecular weight is 423 g/mol. The molecular formula is C16H11ClN4O6S. The summed E-state index contributed by atoms with van der Waals surface area (Å²) in [5, 5.41) is 20.9. The molecule has 0 unspecified atom stereocenters. The second kappa shape index (κ2) is 7.37. The monoisotopic (exact) mass is 422 g/mol. The molecule has 144 valence electrons. The van der Waals surface area contributed by atoms with Crippen LogP contribution in [0.4, 0.5) is 11.7 Å². The fraction of sp³-hybridized carbons (Fsp3) is 0.0625. The van der Waals surface area contributed by atoms with Crippen LogP contribution in [0.5, 0.6) is 0 Å². The molecular weight excluding hydrogens is 412 g/mol. The molecule has 28 heavy (non-hydrogen) atoms. The van der Waals surface area contributed by atoms with Crippen LogP contribution in [0.25, 0.3) is 11.5 Å². The van der Waals surface area contributed by atoms with Crippen LogP contribution in [0.3, 0.4) is 0 Å². The average Bonchev–Trinajstić information content (AvgIpc) is 3.09. The van der Waals surface area contributed by atoms with Gasteiger partial charge in [-0.25, -0.2) is 8.42 Å². The number of nitro benzene ring substituents is 1. The largest absolute Gasteiger partial charge is 0.403 e. The normalized spacial score (nSPS) is 11.2. The van der Waals surface area contributed by atoms with Crippen molar-refractivity contribution in [2.75, 3.05) is 11.6 Å². The highest BCUT2D eigenvalue weighted by atomic mass is 35.5. The Labute approximate surface area is 163 Å². The van der Waals surface area contributed by atoms with Gasteiger partial charge in [0.2, 0.25) is 5.89 Å². The van der Waals surface area contributed by atoms with Gasteiger partial charge in [0, 0.05) is 22.9 Å². The third kappa shape index (κ3) is 4.15. The first kappa shape index (κ1) is 19.5. The number of amides is 1. The molecule has 0 fully saturated rings. The molecule has 2 aromatic carbocycles. The quantitative estimate of drug-likeness (QED) is 0.487. The Morgan fingerprint density at radius 2 is 1.96 bits per heavy atom. The zero-order valence-electron chi connectivity index (χ0n) is 14.1. The Hall–Kier alpha value is -3.31. The Morgan fingerprint density at radius 3 is 2.64 bits per heavy atom. The molecule has 0 aliphatic rings. The lowest BCUT2D eigenvalue weighted by Crippen LogP contribution is -2.14. The number of sulfone groups is 1. The molecule has 3 rings (SSSR count). The molecule has 1 amide bonds. The van der Waals surface area contributed by atoms with E-state index in [0.717, 1.165) is 18.4 Å². The van der Waals surface area contributed by atoms with Gasteiger partial charge in [0.25, 0.3) is 11.6 Å². The Balaban J connectivity index is 1.87. The van der Waals surface area contributed by atoms with Gasteiger partial charge in [0.1, 0.15) is 5.56 Å². The van der Waals surface area contributed by atoms with Crippen LogP contribution < -0.4 is 5.32 Å². The van der Waals surface area contributed by atoms with Gasteiger partial charge in [-0.15, -0.1) is 5.10 Å². The summed E-state index contributed by atoms with van der Waals surface area (Å²) in [4.78, 5) is 22.8. The van der Waals surface area contributed by atoms with Crippen molar-refractivity contribution in [2.24, 2.45) is 0 Å². The highest BCUT2D eigenvalue weighted by Crippen LogP contribution is 2.25. The van der Waals surface area contributed by atoms with Crippen molar-refractivity contribution in [2.45, 2.75) is 4.90 Å². The topological polar surface area (TPSA) is 145 Å². The second-order valence-corrected chi connectivity index (χ2v) is 8.04. The van der Waals surface area contributed by atoms with Gasteiger partial charge < -0.3 is 4.42 Å². The van der Waals surface area contributed by atoms with E-state index in [4.69, 9.17) is 16.0 Å². The Bertz CT molecular complexity index is 1190. The van der Waals surface area contributed by atoms with Crippen molar-refractivity contribution in [1.29, 1.82) is 0 Å². The summed E-state index contributed by atoms with van der Waals surface area (Å²) >= 11 is 5.80. The maximum Gasteiger partial charge on any atom is 0.322 e. The first-order valence-corrected chi connectivity index (χ1v) is 9.81. The zero-order chi connectivity index (χ0) is 20.5. The summed E-state index contributed by atoms with van der Waals surface area (Å²) in [6.07, 6.45) is 1.06. The molecule has 0 spiro atoms. The fourth-order valence-corrected chi connectivity index (χ4v) is 3.10. The number of benzene rings is 2. The highest BCUT2D eigenvalue weighted by Gasteiger charge is 2.22. The number of nitro groups is 1. The number of carbonyl (C=O) groups excluding carboxylic acids is 1. The maximum absolute atomic E-state index is 12.3. The van der Waals surface area contributed by atoms with Crippen LogP contribution in [0, 0.1) is 10.1 Å². The molecule has 12 heteroatoms. The van der Waals surface area contributed by atoms with E-state index in [0.29, 0.717) is 5.56 Å². The van der Waals surface area contributed by atoms with E-state index in [1.165, 1.54) is 24.3 Å². The lowest BCUT2D eigenvalue weighted by Gasteiger charge is -2.03. The summed E-state index contributed by atoms with van der Waals surface area (Å²) in [5.74, 6) is -0.907. The number of hydrogen-bond acceptors (Lipinski definition) is 8. The van der Waals surface area contributed by atoms with E-state index in [1.54, 1.807) is 6.07 Å². The molecule has 3 aromatic rings. The van der Waals surface area contributed by atoms with E-state index >= 15 is 0 Å². The standard InChI is InChI=1S/C16H11ClN4O6S/c1-28(25,26)11-4-2-3-9(7-11)15-19-20-16(27-15)18-14(22)12-8-10(17)5-6-13(12)21(23)24/h2-8H,1H3,(H,18,20,22). The summed E-state index contributed by atoms with van der Waals surface area (Å²) in [6, 6.07) is 9.02. The van der Waals surface area contributed by atoms with Gasteiger partial charge in [-0.2, -0.15) is 0 Å². The number of rotatable bonds is 5. The van der Waals surface area contributed by atoms with Gasteiger partial charge in [0.15, 0.2) is 9.84 Å². The molecule has 0 bridgehead atoms. The molecule has 1 aromatic heterocycles. The number of nitrogens with one attached hydrogen (secondary N) is 1. The van der Waals surface area contributed by atoms with E-state index in [-0.39, 0.29) is 27.4 Å². The predicted octanol–water partition coefficient (Wildman–Crippen LogP) is 2.95. The Morgan fingerprint density at radius 1 is 1.21 bits per heavy atom. The SMILES string of the molecule is CS(=O)(=O)c1cccc(-c2nnc(NC(=O)c3cc(Cl)ccc3[N+](=O)[O-])o2)c1. The summed E-state index contributed by atoms with van der Waals surface area (Å²) in [7, 11) is -3.43. The maximum atomic E-state index is 12.3. The fourth-order valence-electron chi connectivity index (χ4n) is 2.26. The number of hydrogen-bond donors (Lipinski definition) is 1. The molecule has 1 heterocycles. The van der Waals surface area contributed by atoms with E-state index in [2.05, 4.69) is 15.5 Å². The van der Waals surface area contributed by atoms with Crippen molar-refractivity contribution < 1.29 is 22.6 Å². The molecule has 0 radical (unpaired) electrons. The third-order valence-electron chi connectivity index (χ3n) is 3.55. The number of halogens is 1. The summed E-state index contributed by atoms with van der Waals surface area (Å²) < 4.78 is 28.6. The number of nitrogens with zero attached hydrogens (tertiary/aromatic N) is 3. The van der Waals surface area contributed by atoms with Crippen LogP contribution in [0.1, 0.15) is 10.4 Å². The molecule has 0 saturated heterocycles. The van der Waals surface area contributed by atoms with Crippen molar-refractivity contribution in [1.82, 2.24) is 10.2 Å². The lowest BCUT2D eigenvalue weighted by molar-refractivity contribution is -0.385. The molecule has 10 nitrogen and oxygen atoms in total. The minimum Gasteiger partial charge on any atom is -0.403 e. The molecule has 0 saturated carbocycles. The second-order valence-electron chi connectivity index (χ2n) is 5.59. The van der Waals surface area contributed by atoms with Gasteiger partial charge in [-0.1, -0.05) is 22.8 Å². The number of carbonyl (C=O) groups is 1. The van der Waals surface area contributed by atoms with E-state index in [9.17, 15) is 23.3 Å². The third-order valence-corrected chi connectivity index (χ3v) is 4.90. The molecule has 0 atom stereocenters. The van der Waals surface area contributed by atoms with Crippen LogP contribution >= 0.6 is 11.6 Å². The Kier molecular flexibility index (Phi) is 5.12. The molecule has 0 aliphatic carbocycles. The molecule has 0 aliphatic heterocycles. The van der Waals surface area contributed by atoms with Crippen LogP contribution in [-0.2, 0) is 9.84 Å². The van der Waals surface area contributed by atoms with E-state index in [1.807, 2.05) is 0 Å². The first-order chi connectivity index (χ1) is 13.1. The predicted molar refractivity (Wildman–Crippen MR) is 98.9 cm³/mol. The van der Waals surface area contributed by atoms with Crippen LogP contribution in [-0.4, -0.2) is 35.7 Å². The van der Waals surface area contributed by atoms with Crippen molar-refractivity contribution in [3.63, 3.8) is 0 Å². The minimum absolute atomic E-state index is 0.0404. The summed E-state index contributed by atoms with van der Waals surface area (Å²) in [5.41, 5.74) is -0.400. The van der Waals surface area contributed by atoms with Crippen molar-refractivity contribution >= 4 is 39.0 Å².